The fourth-order valence-electron chi connectivity index (χ4n) is 1.95. The third-order valence-electron chi connectivity index (χ3n) is 2.73. The molecule has 0 bridgehead atoms. The van der Waals surface area contributed by atoms with Crippen molar-refractivity contribution in [3.63, 3.8) is 0 Å². The summed E-state index contributed by atoms with van der Waals surface area (Å²) in [6.07, 6.45) is 13.5. The van der Waals surface area contributed by atoms with Crippen LogP contribution in [0.3, 0.4) is 0 Å². The summed E-state index contributed by atoms with van der Waals surface area (Å²) in [5.74, 6) is 0. The van der Waals surface area contributed by atoms with E-state index in [-0.39, 0.29) is 0 Å². The van der Waals surface area contributed by atoms with E-state index in [1.165, 1.54) is 21.6 Å². The topological polar surface area (TPSA) is 0 Å². The first-order chi connectivity index (χ1) is 7.81. The maximum atomic E-state index is 3.78. The van der Waals surface area contributed by atoms with Gasteiger partial charge in [-0.25, -0.2) is 0 Å². The van der Waals surface area contributed by atoms with Gasteiger partial charge in [-0.2, -0.15) is 0 Å². The van der Waals surface area contributed by atoms with Crippen LogP contribution in [0.5, 0.6) is 0 Å². The van der Waals surface area contributed by atoms with Crippen molar-refractivity contribution in [2.75, 3.05) is 0 Å². The van der Waals surface area contributed by atoms with E-state index in [1.54, 1.807) is 0 Å². The molecule has 1 aromatic carbocycles. The smallest absolute Gasteiger partial charge is 0.00882 e. The van der Waals surface area contributed by atoms with Crippen LogP contribution in [0.2, 0.25) is 0 Å². The van der Waals surface area contributed by atoms with Gasteiger partial charge in [0.15, 0.2) is 0 Å². The summed E-state index contributed by atoms with van der Waals surface area (Å²) >= 11 is 0. The van der Waals surface area contributed by atoms with Crippen LogP contribution in [0.1, 0.15) is 12.0 Å². The molecule has 0 nitrogen and oxygen atoms in total. The van der Waals surface area contributed by atoms with E-state index in [0.29, 0.717) is 0 Å². The standard InChI is InChI=1S/C16H16/c1-3-7-15-12-13(2)10-11-16(15)14-8-5-4-6-9-14/h3-8,10-12H,1,9H2,2H3/b15-7-,16-14-. The Kier molecular flexibility index (Phi) is 3.21. The Hall–Kier alpha value is -1.82. The fraction of sp³-hybridized carbons (Fsp3) is 0.125. The molecule has 0 spiro atoms. The molecule has 0 N–H and O–H groups in total. The van der Waals surface area contributed by atoms with Crippen LogP contribution >= 0.6 is 0 Å². The van der Waals surface area contributed by atoms with Gasteiger partial charge in [0.1, 0.15) is 0 Å². The van der Waals surface area contributed by atoms with Crippen LogP contribution in [0.15, 0.2) is 55.2 Å². The van der Waals surface area contributed by atoms with Crippen LogP contribution in [0.4, 0.5) is 0 Å². The van der Waals surface area contributed by atoms with Gasteiger partial charge in [-0.15, -0.1) is 0 Å². The predicted molar refractivity (Wildman–Crippen MR) is 71.4 cm³/mol. The molecule has 1 aliphatic rings. The first-order valence-corrected chi connectivity index (χ1v) is 5.57. The summed E-state index contributed by atoms with van der Waals surface area (Å²) in [5, 5.41) is 2.57. The average Bonchev–Trinajstić information content (AvgIpc) is 2.31. The van der Waals surface area contributed by atoms with Gasteiger partial charge in [-0.1, -0.05) is 66.8 Å². The van der Waals surface area contributed by atoms with Crippen molar-refractivity contribution in [3.05, 3.63) is 71.2 Å². The average molecular weight is 208 g/mol. The Labute approximate surface area is 96.6 Å². The Morgan fingerprint density at radius 1 is 1.25 bits per heavy atom. The maximum Gasteiger partial charge on any atom is -0.00882 e. The molecule has 0 saturated heterocycles. The fourth-order valence-corrected chi connectivity index (χ4v) is 1.95. The van der Waals surface area contributed by atoms with E-state index < -0.39 is 0 Å². The summed E-state index contributed by atoms with van der Waals surface area (Å²) in [4.78, 5) is 0. The molecule has 2 rings (SSSR count). The minimum atomic E-state index is 1.01. The monoisotopic (exact) mass is 208 g/mol. The molecule has 0 saturated carbocycles. The van der Waals surface area contributed by atoms with Gasteiger partial charge in [0, 0.05) is 0 Å². The van der Waals surface area contributed by atoms with E-state index in [2.05, 4.69) is 62.1 Å². The quantitative estimate of drug-likeness (QED) is 0.665. The minimum absolute atomic E-state index is 1.01. The highest BCUT2D eigenvalue weighted by Gasteiger charge is 1.97. The van der Waals surface area contributed by atoms with Crippen molar-refractivity contribution in [1.29, 1.82) is 0 Å². The number of rotatable bonds is 1. The molecule has 0 heteroatoms. The summed E-state index contributed by atoms with van der Waals surface area (Å²) in [6.45, 7) is 5.89. The molecule has 0 fully saturated rings. The molecule has 0 radical (unpaired) electrons. The van der Waals surface area contributed by atoms with E-state index in [4.69, 9.17) is 0 Å². The van der Waals surface area contributed by atoms with E-state index in [9.17, 15) is 0 Å². The minimum Gasteiger partial charge on any atom is -0.0990 e. The van der Waals surface area contributed by atoms with Gasteiger partial charge in [0.05, 0.1) is 0 Å². The highest BCUT2D eigenvalue weighted by atomic mass is 14.0. The molecule has 0 unspecified atom stereocenters. The second-order valence-corrected chi connectivity index (χ2v) is 4.01. The van der Waals surface area contributed by atoms with Crippen molar-refractivity contribution >= 4 is 11.6 Å². The summed E-state index contributed by atoms with van der Waals surface area (Å²) in [6, 6.07) is 6.56. The molecular formula is C16H16. The lowest BCUT2D eigenvalue weighted by molar-refractivity contribution is 1.33. The van der Waals surface area contributed by atoms with Crippen molar-refractivity contribution in [1.82, 2.24) is 0 Å². The number of benzene rings is 1. The van der Waals surface area contributed by atoms with Crippen LogP contribution in [0, 0.1) is 6.92 Å². The van der Waals surface area contributed by atoms with Gasteiger partial charge in [-0.05, 0) is 29.4 Å². The van der Waals surface area contributed by atoms with Gasteiger partial charge < -0.3 is 0 Å². The van der Waals surface area contributed by atoms with Gasteiger partial charge in [0.25, 0.3) is 0 Å². The van der Waals surface area contributed by atoms with E-state index in [0.717, 1.165) is 6.42 Å². The molecule has 1 aromatic rings. The largest absolute Gasteiger partial charge is 0.0990 e. The maximum absolute atomic E-state index is 3.78. The number of aryl methyl sites for hydroxylation is 1. The Morgan fingerprint density at radius 3 is 2.81 bits per heavy atom. The van der Waals surface area contributed by atoms with Gasteiger partial charge in [-0.3, -0.25) is 0 Å². The lowest BCUT2D eigenvalue weighted by Crippen LogP contribution is -2.26. The zero-order valence-corrected chi connectivity index (χ0v) is 9.61. The van der Waals surface area contributed by atoms with Crippen LogP contribution in [-0.2, 0) is 0 Å². The first kappa shape index (κ1) is 10.7. The van der Waals surface area contributed by atoms with Crippen molar-refractivity contribution in [2.45, 2.75) is 13.3 Å². The van der Waals surface area contributed by atoms with Crippen molar-refractivity contribution in [2.24, 2.45) is 0 Å². The summed E-state index contributed by atoms with van der Waals surface area (Å²) in [5.41, 5.74) is 2.66. The molecule has 0 heterocycles. The lowest BCUT2D eigenvalue weighted by Gasteiger charge is -2.03. The van der Waals surface area contributed by atoms with E-state index in [1.807, 2.05) is 6.08 Å². The normalized spacial score (nSPS) is 18.9. The molecule has 80 valence electrons. The molecule has 0 aromatic heterocycles. The van der Waals surface area contributed by atoms with Crippen LogP contribution < -0.4 is 10.4 Å². The van der Waals surface area contributed by atoms with Gasteiger partial charge >= 0.3 is 0 Å². The van der Waals surface area contributed by atoms with Crippen LogP contribution in [0.25, 0.3) is 11.6 Å². The van der Waals surface area contributed by atoms with E-state index >= 15 is 0 Å². The molecular weight excluding hydrogens is 192 g/mol. The molecule has 1 aliphatic carbocycles. The van der Waals surface area contributed by atoms with Crippen molar-refractivity contribution < 1.29 is 0 Å². The molecule has 16 heavy (non-hydrogen) atoms. The molecule has 0 atom stereocenters. The lowest BCUT2D eigenvalue weighted by atomic mass is 10.0. The summed E-state index contributed by atoms with van der Waals surface area (Å²) in [7, 11) is 0. The SMILES string of the molecule is C=C/C=c1/cc(C)cc/c1=C1\C=CC=CC1. The molecule has 0 amide bonds. The van der Waals surface area contributed by atoms with Gasteiger partial charge in [0.2, 0.25) is 0 Å². The Balaban J connectivity index is 2.74. The highest BCUT2D eigenvalue weighted by molar-refractivity contribution is 5.61. The Morgan fingerprint density at radius 2 is 2.12 bits per heavy atom. The molecule has 0 aliphatic heterocycles. The van der Waals surface area contributed by atoms with Crippen molar-refractivity contribution in [3.8, 4) is 0 Å². The number of hydrogen-bond donors (Lipinski definition) is 0. The first-order valence-electron chi connectivity index (χ1n) is 5.57. The predicted octanol–water partition coefficient (Wildman–Crippen LogP) is 2.63. The number of allylic oxidation sites excluding steroid dienone is 5. The summed E-state index contributed by atoms with van der Waals surface area (Å²) < 4.78 is 0. The third-order valence-corrected chi connectivity index (χ3v) is 2.73. The highest BCUT2D eigenvalue weighted by Crippen LogP contribution is 2.08. The zero-order chi connectivity index (χ0) is 11.4. The second kappa shape index (κ2) is 4.80. The Bertz CT molecular complexity index is 569. The zero-order valence-electron chi connectivity index (χ0n) is 9.61. The second-order valence-electron chi connectivity index (χ2n) is 4.01. The third kappa shape index (κ3) is 2.22. The number of hydrogen-bond acceptors (Lipinski definition) is 0. The van der Waals surface area contributed by atoms with Crippen LogP contribution in [-0.4, -0.2) is 0 Å².